The van der Waals surface area contributed by atoms with Crippen LogP contribution in [0.4, 0.5) is 56.9 Å². The second-order valence-electron chi connectivity index (χ2n) is 30.7. The number of fused-ring (bicyclic) bond motifs is 3. The maximum atomic E-state index is 12.8. The van der Waals surface area contributed by atoms with E-state index < -0.39 is 40.1 Å². The number of benzene rings is 12. The number of aryl methyl sites for hydroxylation is 3. The summed E-state index contributed by atoms with van der Waals surface area (Å²) in [6.45, 7) is 7.76. The molecule has 5 amide bonds. The number of anilines is 10. The van der Waals surface area contributed by atoms with Crippen LogP contribution >= 0.6 is 34.8 Å². The number of nitrogens with zero attached hydrogens (tertiary/aromatic N) is 4. The van der Waals surface area contributed by atoms with Gasteiger partial charge in [0, 0.05) is 125 Å². The van der Waals surface area contributed by atoms with E-state index in [1.807, 2.05) is 81.4 Å². The maximum Gasteiger partial charge on any atom is 0.255 e. The van der Waals surface area contributed by atoms with Gasteiger partial charge < -0.3 is 32.3 Å². The van der Waals surface area contributed by atoms with E-state index in [0.717, 1.165) is 101 Å². The summed E-state index contributed by atoms with van der Waals surface area (Å²) in [5.41, 5.74) is 17.3. The lowest BCUT2D eigenvalue weighted by molar-refractivity contribution is 0.101. The van der Waals surface area contributed by atoms with Crippen LogP contribution in [0.25, 0.3) is 32.3 Å². The molecule has 0 bridgehead atoms. The Labute approximate surface area is 738 Å². The molecule has 7 N–H and O–H groups in total. The first-order valence-corrected chi connectivity index (χ1v) is 48.5. The number of hydrogen-bond acceptors (Lipinski definition) is 14. The van der Waals surface area contributed by atoms with E-state index in [1.165, 1.54) is 17.2 Å². The Kier molecular flexibility index (Phi) is 29.1. The highest BCUT2D eigenvalue weighted by atomic mass is 35.5. The summed E-state index contributed by atoms with van der Waals surface area (Å²) < 4.78 is 106. The first kappa shape index (κ1) is 90.2. The number of nitrogens with one attached hydrogen (secondary N) is 5. The van der Waals surface area contributed by atoms with Gasteiger partial charge in [0.1, 0.15) is 0 Å². The quantitative estimate of drug-likeness (QED) is 0.0552. The van der Waals surface area contributed by atoms with Crippen molar-refractivity contribution in [3.05, 3.63) is 296 Å². The number of carbonyl (C=O) groups is 5. The Balaban J connectivity index is 0.000000142. The number of carbonyl (C=O) groups excluding carboxylic acids is 5. The molecule has 0 aliphatic carbocycles. The van der Waals surface area contributed by atoms with Crippen LogP contribution in [-0.4, -0.2) is 112 Å². The van der Waals surface area contributed by atoms with Crippen LogP contribution in [0.5, 0.6) is 0 Å². The minimum Gasteiger partial charge on any atom is -0.398 e. The fraction of sp³-hybridized carbons (Fsp3) is 0.245. The third-order valence-corrected chi connectivity index (χ3v) is 30.3. The summed E-state index contributed by atoms with van der Waals surface area (Å²) in [6.07, 6.45) is 9.66. The van der Waals surface area contributed by atoms with Crippen LogP contribution < -0.4 is 49.5 Å². The number of nitrogen functional groups attached to an aromatic ring is 1. The first-order valence-electron chi connectivity index (χ1n) is 40.9. The Morgan fingerprint density at radius 3 is 1.06 bits per heavy atom. The molecular formula is C94H95Cl3N10O13S4. The SMILES string of the molecule is Cc1ccc(NC(=O)c2ccc(N3CCCCCS3(=O)=O)cc2)cc1NC(=O)c1cccc(Cl)c1.Cc1cccc2c(NC(=O)c3ccc(N4CCCCCS4(=O)=O)cc3)ccc(Cl)c12.Cc1cccc2c(NC(=O)c3ccc(N4CCCCCS4(=O)=O)cc3)cccc12.Nc1cccc2c(NC(=O)c3ccc(N4CCCCCS4(=O)=O)cc3)ccc(Cl)c12. The molecule has 0 spiro atoms. The van der Waals surface area contributed by atoms with Gasteiger partial charge in [-0.2, -0.15) is 0 Å². The zero-order chi connectivity index (χ0) is 88.0. The summed E-state index contributed by atoms with van der Waals surface area (Å²) in [5, 5.41) is 21.5. The molecule has 0 atom stereocenters. The van der Waals surface area contributed by atoms with Gasteiger partial charge in [-0.1, -0.05) is 133 Å². The lowest BCUT2D eigenvalue weighted by Gasteiger charge is -2.22. The second-order valence-corrected chi connectivity index (χ2v) is 40.0. The maximum absolute atomic E-state index is 12.8. The molecule has 4 aliphatic heterocycles. The van der Waals surface area contributed by atoms with Crippen molar-refractivity contribution in [3.63, 3.8) is 0 Å². The minimum atomic E-state index is -3.35. The predicted molar refractivity (Wildman–Crippen MR) is 504 cm³/mol. The Morgan fingerprint density at radius 2 is 0.629 bits per heavy atom. The van der Waals surface area contributed by atoms with Crippen LogP contribution in [0, 0.1) is 20.8 Å². The minimum absolute atomic E-state index is 0.138. The van der Waals surface area contributed by atoms with Crippen LogP contribution in [0.2, 0.25) is 15.1 Å². The van der Waals surface area contributed by atoms with Crippen molar-refractivity contribution < 1.29 is 57.6 Å². The number of nitrogens with two attached hydrogens (primary N) is 1. The van der Waals surface area contributed by atoms with Gasteiger partial charge in [0.15, 0.2) is 0 Å². The topological polar surface area (TPSA) is 321 Å². The van der Waals surface area contributed by atoms with E-state index in [-0.39, 0.29) is 52.5 Å². The first-order chi connectivity index (χ1) is 59.4. The van der Waals surface area contributed by atoms with Gasteiger partial charge >= 0.3 is 0 Å². The van der Waals surface area contributed by atoms with Gasteiger partial charge in [-0.15, -0.1) is 0 Å². The van der Waals surface area contributed by atoms with Crippen molar-refractivity contribution in [2.24, 2.45) is 0 Å². The smallest absolute Gasteiger partial charge is 0.255 e. The fourth-order valence-corrected chi connectivity index (χ4v) is 22.6. The molecule has 4 aliphatic rings. The lowest BCUT2D eigenvalue weighted by Crippen LogP contribution is -2.32. The van der Waals surface area contributed by atoms with E-state index >= 15 is 0 Å². The molecule has 12 aromatic carbocycles. The van der Waals surface area contributed by atoms with Crippen LogP contribution in [0.3, 0.4) is 0 Å². The molecule has 0 unspecified atom stereocenters. The average Bonchev–Trinajstić information content (AvgIpc) is 0.824. The largest absolute Gasteiger partial charge is 0.398 e. The van der Waals surface area contributed by atoms with Gasteiger partial charge in [0.25, 0.3) is 29.5 Å². The molecule has 0 aromatic heterocycles. The third-order valence-electron chi connectivity index (χ3n) is 22.0. The standard InChI is InChI=1S/C26H26ClN3O4S.C23H23ClN2O3S.C23H24N2O3S.C22H22ClN3O3S/c1-18-8-11-22(17-24(18)29-26(32)20-6-5-7-21(27)16-20)28-25(31)19-9-12-23(13-10-19)30-14-3-2-4-15-35(30,33)34;1-16-6-5-7-19-21(13-12-20(24)22(16)19)25-23(27)17-8-10-18(11-9-17)26-14-3-2-4-15-30(26,28)29;1-17-7-5-9-21-20(17)8-6-10-22(21)24-23(26)18-11-13-19(14-12-18)25-15-3-2-4-16-29(25,27)28;23-18-11-12-20(17-5-4-6-19(24)21(17)18)25-22(27)15-7-9-16(10-8-15)26-13-2-1-3-14-30(26,28)29/h5-13,16-17H,2-4,14-15H2,1H3,(H,28,31)(H,29,32);5-13H,2-4,14-15H2,1H3,(H,25,27);5-14H,2-4,15-16H2,1H3,(H,24,26);4-12H,1-3,13-14,24H2,(H,25,27). The number of hydrogen-bond donors (Lipinski definition) is 6. The van der Waals surface area contributed by atoms with E-state index in [2.05, 4.69) is 26.6 Å². The highest BCUT2D eigenvalue weighted by Gasteiger charge is 2.30. The Bertz CT molecular complexity index is 6290. The van der Waals surface area contributed by atoms with Crippen LogP contribution in [-0.2, 0) is 40.1 Å². The molecule has 124 heavy (non-hydrogen) atoms. The van der Waals surface area contributed by atoms with Crippen molar-refractivity contribution in [1.82, 2.24) is 0 Å². The molecule has 4 saturated heterocycles. The van der Waals surface area contributed by atoms with E-state index in [4.69, 9.17) is 40.5 Å². The van der Waals surface area contributed by atoms with Crippen LogP contribution in [0.15, 0.2) is 237 Å². The molecule has 0 saturated carbocycles. The summed E-state index contributed by atoms with van der Waals surface area (Å²) in [6, 6.07) is 68.7. The van der Waals surface area contributed by atoms with Gasteiger partial charge in [0.2, 0.25) is 40.1 Å². The normalized spacial score (nSPS) is 16.0. The summed E-state index contributed by atoms with van der Waals surface area (Å²) in [7, 11) is -13.3. The molecule has 23 nitrogen and oxygen atoms in total. The molecule has 0 radical (unpaired) electrons. The Morgan fingerprint density at radius 1 is 0.290 bits per heavy atom. The molecule has 12 aromatic rings. The Hall–Kier alpha value is -11.6. The summed E-state index contributed by atoms with van der Waals surface area (Å²) in [4.78, 5) is 63.8. The van der Waals surface area contributed by atoms with Crippen molar-refractivity contribution in [2.45, 2.75) is 97.8 Å². The summed E-state index contributed by atoms with van der Waals surface area (Å²) in [5.74, 6) is -0.792. The predicted octanol–water partition coefficient (Wildman–Crippen LogP) is 20.2. The number of amides is 5. The second kappa shape index (κ2) is 40.0. The highest BCUT2D eigenvalue weighted by molar-refractivity contribution is 7.93. The average molecular weight is 1810 g/mol. The molecule has 30 heteroatoms. The van der Waals surface area contributed by atoms with Gasteiger partial charge in [-0.05, 0) is 258 Å². The fourth-order valence-electron chi connectivity index (χ4n) is 15.3. The van der Waals surface area contributed by atoms with Crippen LogP contribution in [0.1, 0.15) is 146 Å². The summed E-state index contributed by atoms with van der Waals surface area (Å²) >= 11 is 18.6. The molecule has 4 heterocycles. The zero-order valence-electron chi connectivity index (χ0n) is 68.6. The number of rotatable bonds is 14. The monoisotopic (exact) mass is 1800 g/mol. The van der Waals surface area contributed by atoms with Crippen molar-refractivity contribution in [2.75, 3.05) is 98.7 Å². The molecule has 644 valence electrons. The van der Waals surface area contributed by atoms with Crippen molar-refractivity contribution in [3.8, 4) is 0 Å². The number of sulfonamides is 4. The van der Waals surface area contributed by atoms with E-state index in [1.54, 1.807) is 176 Å². The van der Waals surface area contributed by atoms with Gasteiger partial charge in [-0.3, -0.25) is 41.2 Å². The molecule has 16 rings (SSSR count). The number of halogens is 3. The zero-order valence-corrected chi connectivity index (χ0v) is 74.1. The lowest BCUT2D eigenvalue weighted by atomic mass is 10.0. The molecule has 4 fully saturated rings. The van der Waals surface area contributed by atoms with Gasteiger partial charge in [-0.25, -0.2) is 33.7 Å². The molecular weight excluding hydrogens is 1710 g/mol. The van der Waals surface area contributed by atoms with Gasteiger partial charge in [0.05, 0.1) is 50.8 Å². The highest BCUT2D eigenvalue weighted by Crippen LogP contribution is 2.38. The van der Waals surface area contributed by atoms with Crippen molar-refractivity contribution in [1.29, 1.82) is 0 Å². The van der Waals surface area contributed by atoms with E-state index in [0.29, 0.717) is 151 Å². The third kappa shape index (κ3) is 22.0. The van der Waals surface area contributed by atoms with Crippen molar-refractivity contribution >= 4 is 194 Å². The van der Waals surface area contributed by atoms with E-state index in [9.17, 15) is 57.6 Å².